The minimum atomic E-state index is -0.460. The van der Waals surface area contributed by atoms with E-state index in [1.807, 2.05) is 24.3 Å². The normalized spacial score (nSPS) is 15.7. The second kappa shape index (κ2) is 8.86. The van der Waals surface area contributed by atoms with Crippen LogP contribution >= 0.6 is 0 Å². The summed E-state index contributed by atoms with van der Waals surface area (Å²) in [6, 6.07) is 12.8. The van der Waals surface area contributed by atoms with Gasteiger partial charge in [-0.25, -0.2) is 9.67 Å². The summed E-state index contributed by atoms with van der Waals surface area (Å²) in [5.41, 5.74) is 2.31. The van der Waals surface area contributed by atoms with Crippen LogP contribution in [0.2, 0.25) is 0 Å². The molecule has 0 bridgehead atoms. The van der Waals surface area contributed by atoms with Crippen LogP contribution in [-0.2, 0) is 16.1 Å². The number of aromatic nitrogens is 3. The Morgan fingerprint density at radius 3 is 2.65 bits per heavy atom. The number of rotatable bonds is 7. The van der Waals surface area contributed by atoms with Gasteiger partial charge in [-0.2, -0.15) is 5.10 Å². The van der Waals surface area contributed by atoms with Crippen molar-refractivity contribution in [1.29, 1.82) is 0 Å². The Labute approximate surface area is 179 Å². The van der Waals surface area contributed by atoms with Gasteiger partial charge in [0.25, 0.3) is 0 Å². The Hall–Kier alpha value is -3.88. The highest BCUT2D eigenvalue weighted by atomic mass is 16.5. The SMILES string of the molecule is COc1ccc(OC)c(N2CC(C(=O)Nc3ccc(Cn4cncn4)cc3)CC2=O)c1. The molecule has 0 aliphatic carbocycles. The molecule has 0 saturated carbocycles. The van der Waals surface area contributed by atoms with Gasteiger partial charge in [-0.15, -0.1) is 0 Å². The van der Waals surface area contributed by atoms with Crippen molar-refractivity contribution in [3.05, 3.63) is 60.7 Å². The first-order chi connectivity index (χ1) is 15.1. The van der Waals surface area contributed by atoms with Crippen molar-refractivity contribution in [2.45, 2.75) is 13.0 Å². The van der Waals surface area contributed by atoms with Gasteiger partial charge in [-0.1, -0.05) is 12.1 Å². The third-order valence-corrected chi connectivity index (χ3v) is 5.21. The number of carbonyl (C=O) groups is 2. The van der Waals surface area contributed by atoms with E-state index in [1.54, 1.807) is 48.3 Å². The Balaban J connectivity index is 1.42. The van der Waals surface area contributed by atoms with Crippen LogP contribution in [0.3, 0.4) is 0 Å². The number of nitrogens with one attached hydrogen (secondary N) is 1. The number of carbonyl (C=O) groups excluding carboxylic acids is 2. The summed E-state index contributed by atoms with van der Waals surface area (Å²) in [7, 11) is 3.10. The first-order valence-corrected chi connectivity index (χ1v) is 9.82. The highest BCUT2D eigenvalue weighted by Crippen LogP contribution is 2.36. The summed E-state index contributed by atoms with van der Waals surface area (Å²) < 4.78 is 12.4. The van der Waals surface area contributed by atoms with Crippen molar-refractivity contribution in [2.24, 2.45) is 5.92 Å². The third-order valence-electron chi connectivity index (χ3n) is 5.21. The predicted octanol–water partition coefficient (Wildman–Crippen LogP) is 2.34. The number of ether oxygens (including phenoxy) is 2. The van der Waals surface area contributed by atoms with E-state index in [1.165, 1.54) is 6.33 Å². The second-order valence-corrected chi connectivity index (χ2v) is 7.22. The largest absolute Gasteiger partial charge is 0.497 e. The molecule has 1 N–H and O–H groups in total. The van der Waals surface area contributed by atoms with E-state index in [4.69, 9.17) is 9.47 Å². The molecule has 9 nitrogen and oxygen atoms in total. The number of benzene rings is 2. The Morgan fingerprint density at radius 2 is 1.97 bits per heavy atom. The fraction of sp³-hybridized carbons (Fsp3) is 0.273. The van der Waals surface area contributed by atoms with Crippen LogP contribution in [0.1, 0.15) is 12.0 Å². The third kappa shape index (κ3) is 4.50. The smallest absolute Gasteiger partial charge is 0.229 e. The summed E-state index contributed by atoms with van der Waals surface area (Å²) in [5, 5.41) is 6.98. The van der Waals surface area contributed by atoms with Gasteiger partial charge in [0.2, 0.25) is 11.8 Å². The first-order valence-electron chi connectivity index (χ1n) is 9.82. The minimum absolute atomic E-state index is 0.130. The van der Waals surface area contributed by atoms with Crippen LogP contribution in [0, 0.1) is 5.92 Å². The average Bonchev–Trinajstić information content (AvgIpc) is 3.44. The lowest BCUT2D eigenvalue weighted by Gasteiger charge is -2.20. The maximum Gasteiger partial charge on any atom is 0.229 e. The molecule has 2 aromatic carbocycles. The molecule has 1 unspecified atom stereocenters. The van der Waals surface area contributed by atoms with Crippen LogP contribution in [0.15, 0.2) is 55.1 Å². The molecule has 2 amide bonds. The quantitative estimate of drug-likeness (QED) is 0.629. The highest BCUT2D eigenvalue weighted by Gasteiger charge is 2.36. The number of amides is 2. The topological polar surface area (TPSA) is 98.6 Å². The van der Waals surface area contributed by atoms with Gasteiger partial charge in [0.15, 0.2) is 0 Å². The molecule has 4 rings (SSSR count). The van der Waals surface area contributed by atoms with Crippen molar-refractivity contribution < 1.29 is 19.1 Å². The van der Waals surface area contributed by atoms with Crippen molar-refractivity contribution >= 4 is 23.2 Å². The molecular formula is C22H23N5O4. The number of methoxy groups -OCH3 is 2. The van der Waals surface area contributed by atoms with Crippen molar-refractivity contribution in [3.63, 3.8) is 0 Å². The molecule has 1 saturated heterocycles. The molecular weight excluding hydrogens is 398 g/mol. The maximum absolute atomic E-state index is 12.8. The van der Waals surface area contributed by atoms with E-state index in [9.17, 15) is 9.59 Å². The van der Waals surface area contributed by atoms with Gasteiger partial charge < -0.3 is 19.7 Å². The van der Waals surface area contributed by atoms with Gasteiger partial charge in [-0.05, 0) is 29.8 Å². The molecule has 0 spiro atoms. The molecule has 160 valence electrons. The zero-order valence-electron chi connectivity index (χ0n) is 17.3. The zero-order valence-corrected chi connectivity index (χ0v) is 17.3. The summed E-state index contributed by atoms with van der Waals surface area (Å²) in [5.74, 6) is 0.385. The first kappa shape index (κ1) is 20.4. The average molecular weight is 421 g/mol. The molecule has 1 aliphatic heterocycles. The Kier molecular flexibility index (Phi) is 5.83. The molecule has 1 aromatic heterocycles. The van der Waals surface area contributed by atoms with Gasteiger partial charge in [-0.3, -0.25) is 9.59 Å². The van der Waals surface area contributed by atoms with Crippen LogP contribution in [0.25, 0.3) is 0 Å². The number of anilines is 2. The summed E-state index contributed by atoms with van der Waals surface area (Å²) in [6.07, 6.45) is 3.27. The van der Waals surface area contributed by atoms with Crippen LogP contribution in [0.4, 0.5) is 11.4 Å². The molecule has 9 heteroatoms. The number of hydrogen-bond acceptors (Lipinski definition) is 6. The van der Waals surface area contributed by atoms with Gasteiger partial charge in [0.1, 0.15) is 24.2 Å². The molecule has 1 fully saturated rings. The fourth-order valence-corrected chi connectivity index (χ4v) is 3.56. The molecule has 1 aliphatic rings. The number of nitrogens with zero attached hydrogens (tertiary/aromatic N) is 4. The van der Waals surface area contributed by atoms with Crippen molar-refractivity contribution in [3.8, 4) is 11.5 Å². The predicted molar refractivity (Wildman–Crippen MR) is 114 cm³/mol. The lowest BCUT2D eigenvalue weighted by Crippen LogP contribution is -2.28. The molecule has 3 aromatic rings. The van der Waals surface area contributed by atoms with Crippen LogP contribution < -0.4 is 19.7 Å². The van der Waals surface area contributed by atoms with Crippen LogP contribution in [0.5, 0.6) is 11.5 Å². The van der Waals surface area contributed by atoms with E-state index in [-0.39, 0.29) is 24.8 Å². The molecule has 31 heavy (non-hydrogen) atoms. The number of hydrogen-bond donors (Lipinski definition) is 1. The maximum atomic E-state index is 12.8. The lowest BCUT2D eigenvalue weighted by molar-refractivity contribution is -0.122. The van der Waals surface area contributed by atoms with Crippen molar-refractivity contribution in [2.75, 3.05) is 31.0 Å². The second-order valence-electron chi connectivity index (χ2n) is 7.22. The van der Waals surface area contributed by atoms with Crippen molar-refractivity contribution in [1.82, 2.24) is 14.8 Å². The van der Waals surface area contributed by atoms with Crippen LogP contribution in [-0.4, -0.2) is 47.3 Å². The van der Waals surface area contributed by atoms with Gasteiger partial charge in [0.05, 0.1) is 32.4 Å². The Morgan fingerprint density at radius 1 is 1.16 bits per heavy atom. The monoisotopic (exact) mass is 421 g/mol. The molecule has 1 atom stereocenters. The molecule has 2 heterocycles. The summed E-state index contributed by atoms with van der Waals surface area (Å²) >= 11 is 0. The lowest BCUT2D eigenvalue weighted by atomic mass is 10.1. The molecule has 0 radical (unpaired) electrons. The summed E-state index contributed by atoms with van der Waals surface area (Å²) in [6.45, 7) is 0.876. The van der Waals surface area contributed by atoms with E-state index < -0.39 is 5.92 Å². The fourth-order valence-electron chi connectivity index (χ4n) is 3.56. The summed E-state index contributed by atoms with van der Waals surface area (Å²) in [4.78, 5) is 30.9. The highest BCUT2D eigenvalue weighted by molar-refractivity contribution is 6.04. The van der Waals surface area contributed by atoms with E-state index in [0.29, 0.717) is 29.4 Å². The van der Waals surface area contributed by atoms with Gasteiger partial charge >= 0.3 is 0 Å². The zero-order chi connectivity index (χ0) is 21.8. The standard InChI is InChI=1S/C22H23N5O4/c1-30-18-7-8-20(31-2)19(10-18)27-12-16(9-21(27)28)22(29)25-17-5-3-15(4-6-17)11-26-14-23-13-24-26/h3-8,10,13-14,16H,9,11-12H2,1-2H3,(H,25,29). The van der Waals surface area contributed by atoms with E-state index in [0.717, 1.165) is 5.56 Å². The van der Waals surface area contributed by atoms with E-state index in [2.05, 4.69) is 15.4 Å². The minimum Gasteiger partial charge on any atom is -0.497 e. The van der Waals surface area contributed by atoms with Gasteiger partial charge in [0, 0.05) is 24.7 Å². The Bertz CT molecular complexity index is 1070. The van der Waals surface area contributed by atoms with E-state index >= 15 is 0 Å².